The number of likely N-dealkylation sites (tertiary alicyclic amines) is 1. The number of carboxylic acid groups (broad SMARTS) is 1. The largest absolute Gasteiger partial charge is 0.465 e. The Bertz CT molecular complexity index is 863. The molecule has 3 rings (SSSR count). The van der Waals surface area contributed by atoms with Gasteiger partial charge in [0.25, 0.3) is 10.2 Å². The Hall–Kier alpha value is -2.09. The fourth-order valence-electron chi connectivity index (χ4n) is 4.03. The molecule has 13 heteroatoms. The first-order valence-corrected chi connectivity index (χ1v) is 11.6. The summed E-state index contributed by atoms with van der Waals surface area (Å²) in [6.45, 7) is 3.09. The maximum Gasteiger partial charge on any atom is 0.407 e. The SMILES string of the molecule is C[C@@H]1C[C@H](NS(=O)(=O)N(C)C)[C@H](COC2CCN(c3ncc(F)cn3)CC2)N1C(=O)O. The molecule has 0 aliphatic carbocycles. The van der Waals surface area contributed by atoms with Crippen molar-refractivity contribution in [2.75, 3.05) is 38.7 Å². The zero-order chi connectivity index (χ0) is 22.8. The van der Waals surface area contributed by atoms with Crippen molar-refractivity contribution in [3.8, 4) is 0 Å². The molecule has 3 heterocycles. The summed E-state index contributed by atoms with van der Waals surface area (Å²) in [6, 6.07) is -1.54. The van der Waals surface area contributed by atoms with Crippen LogP contribution in [0.15, 0.2) is 12.4 Å². The topological polar surface area (TPSA) is 128 Å². The van der Waals surface area contributed by atoms with E-state index >= 15 is 0 Å². The first-order chi connectivity index (χ1) is 14.6. The van der Waals surface area contributed by atoms with Gasteiger partial charge in [-0.1, -0.05) is 0 Å². The standard InChI is InChI=1S/C18H29FN6O5S/c1-12-8-15(22-31(28,29)23(2)3)16(25(12)18(26)27)11-30-14-4-6-24(7-5-14)17-20-9-13(19)10-21-17/h9-10,12,14-16,22H,4-8,11H2,1-3H3,(H,26,27)/t12-,15+,16+/m1/s1. The minimum Gasteiger partial charge on any atom is -0.465 e. The Morgan fingerprint density at radius 1 is 1.32 bits per heavy atom. The van der Waals surface area contributed by atoms with Gasteiger partial charge in [0.05, 0.1) is 31.1 Å². The second-order valence-corrected chi connectivity index (χ2v) is 9.99. The van der Waals surface area contributed by atoms with E-state index in [-0.39, 0.29) is 18.8 Å². The minimum absolute atomic E-state index is 0.0922. The smallest absolute Gasteiger partial charge is 0.407 e. The van der Waals surface area contributed by atoms with Crippen LogP contribution >= 0.6 is 0 Å². The van der Waals surface area contributed by atoms with Crippen LogP contribution < -0.4 is 9.62 Å². The number of anilines is 1. The van der Waals surface area contributed by atoms with Gasteiger partial charge in [-0.05, 0) is 26.2 Å². The lowest BCUT2D eigenvalue weighted by molar-refractivity contribution is 0.00126. The van der Waals surface area contributed by atoms with E-state index in [0.29, 0.717) is 38.3 Å². The molecule has 174 valence electrons. The van der Waals surface area contributed by atoms with Gasteiger partial charge < -0.3 is 14.7 Å². The summed E-state index contributed by atoms with van der Waals surface area (Å²) in [4.78, 5) is 23.0. The van der Waals surface area contributed by atoms with Crippen LogP contribution in [0.1, 0.15) is 26.2 Å². The van der Waals surface area contributed by atoms with Gasteiger partial charge in [0.1, 0.15) is 0 Å². The number of carbonyl (C=O) groups is 1. The molecule has 0 bridgehead atoms. The number of ether oxygens (including phenoxy) is 1. The van der Waals surface area contributed by atoms with Crippen LogP contribution in [0.5, 0.6) is 0 Å². The van der Waals surface area contributed by atoms with E-state index < -0.39 is 34.2 Å². The Balaban J connectivity index is 1.59. The average molecular weight is 461 g/mol. The van der Waals surface area contributed by atoms with Crippen molar-refractivity contribution in [3.05, 3.63) is 18.2 Å². The molecule has 0 spiro atoms. The second-order valence-electron chi connectivity index (χ2n) is 8.07. The lowest BCUT2D eigenvalue weighted by Crippen LogP contribution is -2.52. The summed E-state index contributed by atoms with van der Waals surface area (Å²) in [5, 5.41) is 9.63. The summed E-state index contributed by atoms with van der Waals surface area (Å²) in [6.07, 6.45) is 2.76. The zero-order valence-electron chi connectivity index (χ0n) is 17.8. The van der Waals surface area contributed by atoms with Crippen molar-refractivity contribution in [1.82, 2.24) is 23.9 Å². The molecule has 0 unspecified atom stereocenters. The summed E-state index contributed by atoms with van der Waals surface area (Å²) in [5.41, 5.74) is 0. The summed E-state index contributed by atoms with van der Waals surface area (Å²) in [7, 11) is -0.877. The summed E-state index contributed by atoms with van der Waals surface area (Å²) >= 11 is 0. The van der Waals surface area contributed by atoms with Crippen molar-refractivity contribution >= 4 is 22.3 Å². The van der Waals surface area contributed by atoms with Crippen LogP contribution in [0.2, 0.25) is 0 Å². The van der Waals surface area contributed by atoms with Gasteiger partial charge in [0.2, 0.25) is 5.95 Å². The molecule has 2 aliphatic rings. The molecular formula is C18H29FN6O5S. The predicted molar refractivity (Wildman–Crippen MR) is 110 cm³/mol. The Kier molecular flexibility index (Phi) is 7.29. The van der Waals surface area contributed by atoms with Crippen molar-refractivity contribution in [2.45, 2.75) is 50.4 Å². The lowest BCUT2D eigenvalue weighted by Gasteiger charge is -2.34. The third-order valence-corrected chi connectivity index (χ3v) is 7.29. The van der Waals surface area contributed by atoms with Crippen LogP contribution in [0.4, 0.5) is 15.1 Å². The van der Waals surface area contributed by atoms with Crippen LogP contribution in [-0.2, 0) is 14.9 Å². The molecular weight excluding hydrogens is 431 g/mol. The predicted octanol–water partition coefficient (Wildman–Crippen LogP) is 0.507. The molecule has 0 saturated carbocycles. The van der Waals surface area contributed by atoms with Gasteiger partial charge >= 0.3 is 6.09 Å². The molecule has 0 radical (unpaired) electrons. The number of hydrogen-bond acceptors (Lipinski definition) is 7. The van der Waals surface area contributed by atoms with E-state index in [0.717, 1.165) is 16.7 Å². The number of amides is 1. The molecule has 1 aromatic heterocycles. The highest BCUT2D eigenvalue weighted by Gasteiger charge is 2.44. The fraction of sp³-hybridized carbons (Fsp3) is 0.722. The molecule has 3 atom stereocenters. The maximum absolute atomic E-state index is 13.0. The highest BCUT2D eigenvalue weighted by Crippen LogP contribution is 2.27. The van der Waals surface area contributed by atoms with Gasteiger partial charge in [0, 0.05) is 39.3 Å². The number of nitrogens with zero attached hydrogens (tertiary/aromatic N) is 5. The molecule has 0 aromatic carbocycles. The van der Waals surface area contributed by atoms with Gasteiger partial charge in [-0.3, -0.25) is 4.90 Å². The number of rotatable bonds is 7. The lowest BCUT2D eigenvalue weighted by atomic mass is 10.1. The van der Waals surface area contributed by atoms with Crippen molar-refractivity contribution in [3.63, 3.8) is 0 Å². The molecule has 2 fully saturated rings. The molecule has 1 aromatic rings. The van der Waals surface area contributed by atoms with E-state index in [4.69, 9.17) is 4.74 Å². The Labute approximate surface area is 181 Å². The number of aromatic nitrogens is 2. The molecule has 11 nitrogen and oxygen atoms in total. The molecule has 2 saturated heterocycles. The molecule has 2 N–H and O–H groups in total. The van der Waals surface area contributed by atoms with E-state index in [1.807, 2.05) is 4.90 Å². The van der Waals surface area contributed by atoms with Crippen molar-refractivity contribution in [2.24, 2.45) is 0 Å². The van der Waals surface area contributed by atoms with Gasteiger partial charge in [-0.2, -0.15) is 17.4 Å². The maximum atomic E-state index is 13.0. The first kappa shape index (κ1) is 23.6. The van der Waals surface area contributed by atoms with Crippen LogP contribution in [0.25, 0.3) is 0 Å². The zero-order valence-corrected chi connectivity index (χ0v) is 18.6. The molecule has 1 amide bonds. The van der Waals surface area contributed by atoms with Gasteiger partial charge in [-0.15, -0.1) is 0 Å². The highest BCUT2D eigenvalue weighted by molar-refractivity contribution is 7.87. The quantitative estimate of drug-likeness (QED) is 0.602. The third-order valence-electron chi connectivity index (χ3n) is 5.73. The minimum atomic E-state index is -3.71. The second kappa shape index (κ2) is 9.59. The van der Waals surface area contributed by atoms with Crippen LogP contribution in [0, 0.1) is 5.82 Å². The Morgan fingerprint density at radius 2 is 1.94 bits per heavy atom. The summed E-state index contributed by atoms with van der Waals surface area (Å²) in [5.74, 6) is -0.0325. The van der Waals surface area contributed by atoms with E-state index in [1.165, 1.54) is 19.0 Å². The monoisotopic (exact) mass is 460 g/mol. The molecule has 2 aliphatic heterocycles. The van der Waals surface area contributed by atoms with Gasteiger partial charge in [-0.25, -0.2) is 19.2 Å². The summed E-state index contributed by atoms with van der Waals surface area (Å²) < 4.78 is 47.2. The van der Waals surface area contributed by atoms with Gasteiger partial charge in [0.15, 0.2) is 5.82 Å². The van der Waals surface area contributed by atoms with Crippen LogP contribution in [0.3, 0.4) is 0 Å². The fourth-order valence-corrected chi connectivity index (χ4v) is 4.88. The highest BCUT2D eigenvalue weighted by atomic mass is 32.2. The Morgan fingerprint density at radius 3 is 2.48 bits per heavy atom. The number of piperidine rings is 1. The normalized spacial score (nSPS) is 25.4. The average Bonchev–Trinajstić information content (AvgIpc) is 3.01. The van der Waals surface area contributed by atoms with E-state index in [2.05, 4.69) is 14.7 Å². The first-order valence-electron chi connectivity index (χ1n) is 10.1. The number of nitrogens with one attached hydrogen (secondary N) is 1. The van der Waals surface area contributed by atoms with E-state index in [9.17, 15) is 22.7 Å². The number of halogens is 1. The number of hydrogen-bond donors (Lipinski definition) is 2. The van der Waals surface area contributed by atoms with Crippen molar-refractivity contribution < 1.29 is 27.4 Å². The van der Waals surface area contributed by atoms with Crippen molar-refractivity contribution in [1.29, 1.82) is 0 Å². The van der Waals surface area contributed by atoms with Crippen LogP contribution in [-0.4, -0.2) is 96.8 Å². The third kappa shape index (κ3) is 5.59. The van der Waals surface area contributed by atoms with E-state index in [1.54, 1.807) is 6.92 Å². The molecule has 31 heavy (non-hydrogen) atoms.